The Bertz CT molecular complexity index is 1550. The van der Waals surface area contributed by atoms with Gasteiger partial charge in [-0.3, -0.25) is 10.1 Å². The molecule has 3 aromatic heterocycles. The summed E-state index contributed by atoms with van der Waals surface area (Å²) >= 11 is 0. The number of hydrogen-bond acceptors (Lipinski definition) is 7. The van der Waals surface area contributed by atoms with Crippen LogP contribution in [-0.4, -0.2) is 46.4 Å². The number of aliphatic hydroxyl groups is 1. The number of aromatic nitrogens is 7. The highest BCUT2D eigenvalue weighted by Gasteiger charge is 2.65. The topological polar surface area (TPSA) is 113 Å². The van der Waals surface area contributed by atoms with Gasteiger partial charge in [-0.15, -0.1) is 5.10 Å². The van der Waals surface area contributed by atoms with Crippen LogP contribution in [0.1, 0.15) is 68.4 Å². The standard InChI is InChI=1S/C26H23F4N7O/c1-24(2)13-7-8-26(24,20-12(13)9-16(34-35-20)19-14(27)5-4-6-15(19)28)18-11-31-10-17(32-18)22-33-23(37-36-22)21(38)25(3,29)30/h4-6,9-11,13,21,38H,7-8H2,1-3H3,(H,33,36,37)/t13-,21-,26-/m0/s1. The molecule has 0 radical (unpaired) electrons. The smallest absolute Gasteiger partial charge is 0.277 e. The van der Waals surface area contributed by atoms with E-state index in [2.05, 4.69) is 44.2 Å². The van der Waals surface area contributed by atoms with Crippen LogP contribution in [0.25, 0.3) is 22.8 Å². The highest BCUT2D eigenvalue weighted by molar-refractivity contribution is 5.64. The maximum Gasteiger partial charge on any atom is 0.277 e. The second-order valence-electron chi connectivity index (χ2n) is 10.5. The minimum atomic E-state index is -3.41. The zero-order valence-electron chi connectivity index (χ0n) is 20.7. The molecule has 2 bridgehead atoms. The summed E-state index contributed by atoms with van der Waals surface area (Å²) in [6, 6.07) is 5.37. The average Bonchev–Trinajstić information content (AvgIpc) is 3.51. The molecule has 1 saturated carbocycles. The molecule has 0 amide bonds. The quantitative estimate of drug-likeness (QED) is 0.357. The van der Waals surface area contributed by atoms with Gasteiger partial charge in [0.1, 0.15) is 17.3 Å². The zero-order valence-corrected chi connectivity index (χ0v) is 20.7. The van der Waals surface area contributed by atoms with Crippen LogP contribution >= 0.6 is 0 Å². The molecule has 8 nitrogen and oxygen atoms in total. The number of alkyl halides is 2. The Labute approximate surface area is 214 Å². The lowest BCUT2D eigenvalue weighted by atomic mass is 9.66. The maximum atomic E-state index is 14.5. The fraction of sp³-hybridized carbons (Fsp3) is 0.385. The molecule has 2 aliphatic rings. The first-order valence-electron chi connectivity index (χ1n) is 12.1. The number of nitrogens with one attached hydrogen (secondary N) is 1. The molecule has 196 valence electrons. The number of nitrogens with zero attached hydrogens (tertiary/aromatic N) is 6. The Hall–Kier alpha value is -3.80. The molecule has 1 fully saturated rings. The summed E-state index contributed by atoms with van der Waals surface area (Å²) in [7, 11) is 0. The van der Waals surface area contributed by atoms with E-state index in [0.29, 0.717) is 24.7 Å². The number of fused-ring (bicyclic) bond motifs is 5. The minimum Gasteiger partial charge on any atom is -0.379 e. The number of H-pyrrole nitrogens is 1. The van der Waals surface area contributed by atoms with Crippen LogP contribution in [0.15, 0.2) is 36.7 Å². The number of halogens is 4. The van der Waals surface area contributed by atoms with E-state index >= 15 is 0 Å². The molecule has 0 aliphatic heterocycles. The molecule has 2 N–H and O–H groups in total. The van der Waals surface area contributed by atoms with Crippen molar-refractivity contribution in [3.63, 3.8) is 0 Å². The maximum absolute atomic E-state index is 14.5. The van der Waals surface area contributed by atoms with E-state index in [1.165, 1.54) is 24.4 Å². The predicted molar refractivity (Wildman–Crippen MR) is 127 cm³/mol. The van der Waals surface area contributed by atoms with Crippen LogP contribution in [0, 0.1) is 17.0 Å². The summed E-state index contributed by atoms with van der Waals surface area (Å²) in [5, 5.41) is 24.9. The molecular formula is C26H23F4N7O. The summed E-state index contributed by atoms with van der Waals surface area (Å²) in [5.41, 5.74) is 1.14. The van der Waals surface area contributed by atoms with Crippen molar-refractivity contribution in [1.29, 1.82) is 0 Å². The van der Waals surface area contributed by atoms with Crippen molar-refractivity contribution >= 4 is 0 Å². The highest BCUT2D eigenvalue weighted by Crippen LogP contribution is 2.69. The molecule has 4 aromatic rings. The van der Waals surface area contributed by atoms with Crippen LogP contribution in [0.3, 0.4) is 0 Å². The SMILES string of the molecule is CC(F)(F)[C@@H](O)c1nc(-c2cncc([C@@]34CC[C@@H](c5cc(-c6c(F)cccc6F)nnc53)C4(C)C)n2)n[nH]1. The zero-order chi connectivity index (χ0) is 27.0. The molecule has 1 aromatic carbocycles. The van der Waals surface area contributed by atoms with Gasteiger partial charge >= 0.3 is 0 Å². The average molecular weight is 526 g/mol. The first kappa shape index (κ1) is 24.5. The van der Waals surface area contributed by atoms with Gasteiger partial charge < -0.3 is 5.11 Å². The number of hydrogen-bond donors (Lipinski definition) is 2. The second-order valence-corrected chi connectivity index (χ2v) is 10.5. The number of rotatable bonds is 5. The van der Waals surface area contributed by atoms with E-state index in [-0.39, 0.29) is 34.5 Å². The molecule has 38 heavy (non-hydrogen) atoms. The second kappa shape index (κ2) is 8.10. The van der Waals surface area contributed by atoms with E-state index < -0.39 is 34.5 Å². The predicted octanol–water partition coefficient (Wildman–Crippen LogP) is 4.89. The third-order valence-electron chi connectivity index (χ3n) is 8.14. The van der Waals surface area contributed by atoms with E-state index in [1.807, 2.05) is 0 Å². The van der Waals surface area contributed by atoms with Gasteiger partial charge in [-0.25, -0.2) is 27.5 Å². The van der Waals surface area contributed by atoms with Crippen LogP contribution in [-0.2, 0) is 5.41 Å². The minimum absolute atomic E-state index is 0.0103. The molecule has 12 heteroatoms. The van der Waals surface area contributed by atoms with Gasteiger partial charge in [0.15, 0.2) is 11.9 Å². The van der Waals surface area contributed by atoms with Crippen molar-refractivity contribution in [3.05, 3.63) is 71.1 Å². The van der Waals surface area contributed by atoms with E-state index in [4.69, 9.17) is 4.98 Å². The molecule has 2 aliphatic carbocycles. The van der Waals surface area contributed by atoms with Gasteiger partial charge in [-0.2, -0.15) is 10.2 Å². The number of aliphatic hydroxyl groups excluding tert-OH is 1. The molecule has 3 atom stereocenters. The van der Waals surface area contributed by atoms with Gasteiger partial charge in [-0.1, -0.05) is 19.9 Å². The normalized spacial score (nSPS) is 22.5. The summed E-state index contributed by atoms with van der Waals surface area (Å²) in [5.74, 6) is -5.19. The first-order chi connectivity index (χ1) is 17.9. The van der Waals surface area contributed by atoms with Gasteiger partial charge in [0.05, 0.1) is 34.3 Å². The Balaban J connectivity index is 1.45. The first-order valence-corrected chi connectivity index (χ1v) is 12.1. The van der Waals surface area contributed by atoms with Crippen molar-refractivity contribution in [2.24, 2.45) is 5.41 Å². The molecule has 3 heterocycles. The molecule has 0 spiro atoms. The van der Waals surface area contributed by atoms with Crippen LogP contribution in [0.5, 0.6) is 0 Å². The van der Waals surface area contributed by atoms with Crippen molar-refractivity contribution in [2.75, 3.05) is 0 Å². The van der Waals surface area contributed by atoms with Crippen molar-refractivity contribution in [2.45, 2.75) is 57.0 Å². The Morgan fingerprint density at radius 3 is 2.53 bits per heavy atom. The molecule has 6 rings (SSSR count). The number of benzene rings is 1. The lowest BCUT2D eigenvalue weighted by Gasteiger charge is -2.37. The summed E-state index contributed by atoms with van der Waals surface area (Å²) in [4.78, 5) is 13.1. The van der Waals surface area contributed by atoms with Gasteiger partial charge in [0.2, 0.25) is 5.82 Å². The van der Waals surface area contributed by atoms with Crippen molar-refractivity contribution in [3.8, 4) is 22.8 Å². The summed E-state index contributed by atoms with van der Waals surface area (Å²) < 4.78 is 56.1. The summed E-state index contributed by atoms with van der Waals surface area (Å²) in [6.45, 7) is 4.77. The van der Waals surface area contributed by atoms with Crippen LogP contribution < -0.4 is 0 Å². The van der Waals surface area contributed by atoms with E-state index in [1.54, 1.807) is 12.3 Å². The molecular weight excluding hydrogens is 502 g/mol. The Morgan fingerprint density at radius 1 is 1.08 bits per heavy atom. The monoisotopic (exact) mass is 525 g/mol. The lowest BCUT2D eigenvalue weighted by molar-refractivity contribution is -0.0989. The van der Waals surface area contributed by atoms with E-state index in [9.17, 15) is 22.7 Å². The third-order valence-corrected chi connectivity index (χ3v) is 8.14. The van der Waals surface area contributed by atoms with Crippen molar-refractivity contribution < 1.29 is 22.7 Å². The lowest BCUT2D eigenvalue weighted by Crippen LogP contribution is -2.38. The fourth-order valence-corrected chi connectivity index (χ4v) is 6.19. The number of aromatic amines is 1. The highest BCUT2D eigenvalue weighted by atomic mass is 19.3. The van der Waals surface area contributed by atoms with Gasteiger partial charge in [-0.05, 0) is 47.9 Å². The largest absolute Gasteiger partial charge is 0.379 e. The van der Waals surface area contributed by atoms with Crippen molar-refractivity contribution in [1.82, 2.24) is 35.3 Å². The van der Waals surface area contributed by atoms with E-state index in [0.717, 1.165) is 12.0 Å². The molecule has 0 saturated heterocycles. The summed E-state index contributed by atoms with van der Waals surface area (Å²) in [6.07, 6.45) is 2.36. The van der Waals surface area contributed by atoms with Gasteiger partial charge in [0, 0.05) is 13.1 Å². The Kier molecular flexibility index (Phi) is 5.23. The third kappa shape index (κ3) is 3.32. The van der Waals surface area contributed by atoms with Crippen LogP contribution in [0.2, 0.25) is 0 Å². The Morgan fingerprint density at radius 2 is 1.82 bits per heavy atom. The van der Waals surface area contributed by atoms with Gasteiger partial charge in [0.25, 0.3) is 5.92 Å². The fourth-order valence-electron chi connectivity index (χ4n) is 6.19. The molecule has 0 unspecified atom stereocenters. The van der Waals surface area contributed by atoms with Crippen LogP contribution in [0.4, 0.5) is 17.6 Å².